The van der Waals surface area contributed by atoms with Crippen molar-refractivity contribution in [3.63, 3.8) is 0 Å². The van der Waals surface area contributed by atoms with Crippen molar-refractivity contribution in [2.75, 3.05) is 0 Å². The van der Waals surface area contributed by atoms with E-state index in [0.717, 1.165) is 14.9 Å². The molecule has 1 unspecified atom stereocenters. The summed E-state index contributed by atoms with van der Waals surface area (Å²) in [6.07, 6.45) is 0. The largest absolute Gasteiger partial charge is 0.416 e. The molecule has 17 heavy (non-hydrogen) atoms. The summed E-state index contributed by atoms with van der Waals surface area (Å²) in [6.45, 7) is 3.72. The summed E-state index contributed by atoms with van der Waals surface area (Å²) in [4.78, 5) is 1.03. The van der Waals surface area contributed by atoms with Gasteiger partial charge in [0.15, 0.2) is 0 Å². The molecule has 6 heteroatoms. The lowest BCUT2D eigenvalue weighted by Gasteiger charge is -2.10. The Kier molecular flexibility index (Phi) is 3.86. The molecule has 1 atom stereocenters. The second-order valence-corrected chi connectivity index (χ2v) is 5.57. The van der Waals surface area contributed by atoms with Crippen LogP contribution in [0.25, 0.3) is 0 Å². The van der Waals surface area contributed by atoms with E-state index in [-0.39, 0.29) is 6.04 Å². The third-order valence-corrected chi connectivity index (χ3v) is 3.58. The van der Waals surface area contributed by atoms with Gasteiger partial charge in [0.1, 0.15) is 0 Å². The monoisotopic (exact) mass is 313 g/mol. The summed E-state index contributed by atoms with van der Waals surface area (Å²) in [6, 6.07) is 5.94. The van der Waals surface area contributed by atoms with Gasteiger partial charge in [-0.05, 0) is 36.4 Å². The van der Waals surface area contributed by atoms with Crippen molar-refractivity contribution in [3.05, 3.63) is 34.1 Å². The van der Waals surface area contributed by atoms with E-state index in [4.69, 9.17) is 10.2 Å². The van der Waals surface area contributed by atoms with Crippen LogP contribution in [0.5, 0.6) is 0 Å². The molecule has 1 aromatic carbocycles. The van der Waals surface area contributed by atoms with Gasteiger partial charge < -0.3 is 10.2 Å². The second kappa shape index (κ2) is 5.20. The molecule has 0 bridgehead atoms. The Labute approximate surface area is 112 Å². The molecular weight excluding hydrogens is 302 g/mol. The van der Waals surface area contributed by atoms with Gasteiger partial charge in [-0.2, -0.15) is 0 Å². The standard InChI is InChI=1S/C11H12BrN3OS/c1-6(13)9-4-3-8(12)5-10(9)17-11-15-14-7(2)16-11/h3-6H,13H2,1-2H3. The number of hydrogen-bond donors (Lipinski definition) is 1. The van der Waals surface area contributed by atoms with Crippen LogP contribution in [-0.4, -0.2) is 10.2 Å². The predicted octanol–water partition coefficient (Wildman–Crippen LogP) is 3.31. The van der Waals surface area contributed by atoms with Gasteiger partial charge in [-0.1, -0.05) is 22.0 Å². The summed E-state index contributed by atoms with van der Waals surface area (Å²) in [5.74, 6) is 0.560. The summed E-state index contributed by atoms with van der Waals surface area (Å²) < 4.78 is 6.35. The summed E-state index contributed by atoms with van der Waals surface area (Å²) in [5, 5.41) is 8.29. The topological polar surface area (TPSA) is 64.9 Å². The van der Waals surface area contributed by atoms with Crippen LogP contribution in [-0.2, 0) is 0 Å². The van der Waals surface area contributed by atoms with Gasteiger partial charge in [-0.25, -0.2) is 0 Å². The maximum absolute atomic E-state index is 5.93. The van der Waals surface area contributed by atoms with Crippen molar-refractivity contribution < 1.29 is 4.42 Å². The first-order chi connectivity index (χ1) is 8.06. The molecule has 2 rings (SSSR count). The Hall–Kier alpha value is -0.850. The normalized spacial score (nSPS) is 12.7. The number of rotatable bonds is 3. The maximum atomic E-state index is 5.93. The van der Waals surface area contributed by atoms with Gasteiger partial charge in [0.05, 0.1) is 0 Å². The summed E-state index contributed by atoms with van der Waals surface area (Å²) >= 11 is 4.87. The quantitative estimate of drug-likeness (QED) is 0.941. The zero-order valence-electron chi connectivity index (χ0n) is 9.48. The van der Waals surface area contributed by atoms with E-state index in [0.29, 0.717) is 11.1 Å². The second-order valence-electron chi connectivity index (χ2n) is 3.66. The van der Waals surface area contributed by atoms with Crippen molar-refractivity contribution in [1.29, 1.82) is 0 Å². The number of aryl methyl sites for hydroxylation is 1. The molecule has 0 saturated carbocycles. The molecule has 4 nitrogen and oxygen atoms in total. The van der Waals surface area contributed by atoms with Crippen LogP contribution < -0.4 is 5.73 Å². The minimum absolute atomic E-state index is 0.0328. The molecule has 2 aromatic rings. The van der Waals surface area contributed by atoms with E-state index < -0.39 is 0 Å². The van der Waals surface area contributed by atoms with Crippen molar-refractivity contribution in [2.24, 2.45) is 5.73 Å². The minimum Gasteiger partial charge on any atom is -0.416 e. The van der Waals surface area contributed by atoms with Gasteiger partial charge in [0.2, 0.25) is 5.89 Å². The first kappa shape index (κ1) is 12.6. The lowest BCUT2D eigenvalue weighted by Crippen LogP contribution is -2.06. The Morgan fingerprint density at radius 3 is 2.76 bits per heavy atom. The number of nitrogens with zero attached hydrogens (tertiary/aromatic N) is 2. The fourth-order valence-electron chi connectivity index (χ4n) is 1.39. The van der Waals surface area contributed by atoms with Crippen LogP contribution in [0.1, 0.15) is 24.4 Å². The van der Waals surface area contributed by atoms with Crippen LogP contribution in [0.4, 0.5) is 0 Å². The Morgan fingerprint density at radius 1 is 1.41 bits per heavy atom. The Balaban J connectivity index is 2.33. The zero-order valence-corrected chi connectivity index (χ0v) is 11.9. The molecule has 1 aromatic heterocycles. The summed E-state index contributed by atoms with van der Waals surface area (Å²) in [5.41, 5.74) is 6.99. The molecule has 0 amide bonds. The third-order valence-electron chi connectivity index (χ3n) is 2.17. The fourth-order valence-corrected chi connectivity index (χ4v) is 2.89. The van der Waals surface area contributed by atoms with E-state index in [1.807, 2.05) is 25.1 Å². The molecule has 90 valence electrons. The van der Waals surface area contributed by atoms with E-state index in [9.17, 15) is 0 Å². The average molecular weight is 314 g/mol. The average Bonchev–Trinajstić information content (AvgIpc) is 2.63. The van der Waals surface area contributed by atoms with Gasteiger partial charge in [-0.3, -0.25) is 0 Å². The van der Waals surface area contributed by atoms with Crippen LogP contribution in [0, 0.1) is 6.92 Å². The lowest BCUT2D eigenvalue weighted by molar-refractivity contribution is 0.429. The van der Waals surface area contributed by atoms with Gasteiger partial charge in [0.25, 0.3) is 5.22 Å². The lowest BCUT2D eigenvalue weighted by atomic mass is 10.1. The molecule has 0 aliphatic carbocycles. The summed E-state index contributed by atoms with van der Waals surface area (Å²) in [7, 11) is 0. The minimum atomic E-state index is -0.0328. The van der Waals surface area contributed by atoms with Gasteiger partial charge in [0, 0.05) is 22.3 Å². The van der Waals surface area contributed by atoms with Crippen molar-refractivity contribution in [3.8, 4) is 0 Å². The van der Waals surface area contributed by atoms with Crippen LogP contribution in [0.2, 0.25) is 0 Å². The third kappa shape index (κ3) is 3.08. The van der Waals surface area contributed by atoms with E-state index >= 15 is 0 Å². The molecular formula is C11H12BrN3OS. The SMILES string of the molecule is Cc1nnc(Sc2cc(Br)ccc2C(C)N)o1. The fraction of sp³-hybridized carbons (Fsp3) is 0.273. The maximum Gasteiger partial charge on any atom is 0.281 e. The highest BCUT2D eigenvalue weighted by Crippen LogP contribution is 2.33. The molecule has 0 fully saturated rings. The molecule has 0 aliphatic rings. The number of benzene rings is 1. The van der Waals surface area contributed by atoms with Crippen molar-refractivity contribution >= 4 is 27.7 Å². The Morgan fingerprint density at radius 2 is 2.18 bits per heavy atom. The molecule has 1 heterocycles. The predicted molar refractivity (Wildman–Crippen MR) is 69.9 cm³/mol. The first-order valence-electron chi connectivity index (χ1n) is 5.09. The molecule has 0 radical (unpaired) electrons. The molecule has 0 aliphatic heterocycles. The van der Waals surface area contributed by atoms with Crippen molar-refractivity contribution in [2.45, 2.75) is 30.0 Å². The zero-order chi connectivity index (χ0) is 12.4. The van der Waals surface area contributed by atoms with Crippen LogP contribution in [0.3, 0.4) is 0 Å². The van der Waals surface area contributed by atoms with Gasteiger partial charge >= 0.3 is 0 Å². The highest BCUT2D eigenvalue weighted by Gasteiger charge is 2.12. The van der Waals surface area contributed by atoms with Crippen LogP contribution >= 0.6 is 27.7 Å². The highest BCUT2D eigenvalue weighted by molar-refractivity contribution is 9.10. The number of aromatic nitrogens is 2. The van der Waals surface area contributed by atoms with E-state index in [2.05, 4.69) is 26.1 Å². The van der Waals surface area contributed by atoms with Gasteiger partial charge in [-0.15, -0.1) is 10.2 Å². The molecule has 0 spiro atoms. The number of halogens is 1. The number of nitrogens with two attached hydrogens (primary N) is 1. The Bertz CT molecular complexity index is 527. The van der Waals surface area contributed by atoms with Crippen molar-refractivity contribution in [1.82, 2.24) is 10.2 Å². The first-order valence-corrected chi connectivity index (χ1v) is 6.70. The number of hydrogen-bond acceptors (Lipinski definition) is 5. The molecule has 0 saturated heterocycles. The molecule has 2 N–H and O–H groups in total. The van der Waals surface area contributed by atoms with Crippen LogP contribution in [0.15, 0.2) is 37.2 Å². The van der Waals surface area contributed by atoms with E-state index in [1.54, 1.807) is 6.92 Å². The highest BCUT2D eigenvalue weighted by atomic mass is 79.9. The smallest absolute Gasteiger partial charge is 0.281 e. The van der Waals surface area contributed by atoms with E-state index in [1.165, 1.54) is 11.8 Å².